The highest BCUT2D eigenvalue weighted by Crippen LogP contribution is 2.48. The average Bonchev–Trinajstić information content (AvgIpc) is 3.12. The summed E-state index contributed by atoms with van der Waals surface area (Å²) in [6.07, 6.45) is -0.812. The molecule has 49 heavy (non-hydrogen) atoms. The Kier molecular flexibility index (Phi) is 13.9. The zero-order valence-electron chi connectivity index (χ0n) is 27.8. The Hall–Kier alpha value is -5.02. The lowest BCUT2D eigenvalue weighted by Crippen LogP contribution is -2.45. The average molecular weight is 679 g/mol. The van der Waals surface area contributed by atoms with Crippen LogP contribution in [0.2, 0.25) is 0 Å². The molecule has 0 fully saturated rings. The fraction of sp³-hybridized carbons (Fsp3) is 0.275. The Morgan fingerprint density at radius 3 is 1.59 bits per heavy atom. The summed E-state index contributed by atoms with van der Waals surface area (Å²) < 4.78 is 4.53. The molecule has 0 aliphatic carbocycles. The van der Waals surface area contributed by atoms with Crippen LogP contribution in [-0.4, -0.2) is 47.2 Å². The van der Waals surface area contributed by atoms with Gasteiger partial charge < -0.3 is 20.2 Å². The number of hydrogen-bond donors (Lipinski definition) is 2. The maximum absolute atomic E-state index is 13.6. The van der Waals surface area contributed by atoms with Gasteiger partial charge in [0.1, 0.15) is 12.4 Å². The van der Waals surface area contributed by atoms with Crippen molar-refractivity contribution in [3.05, 3.63) is 144 Å². The Balaban J connectivity index is 1.52. The molecule has 0 bridgehead atoms. The second-order valence-electron chi connectivity index (χ2n) is 11.8. The Bertz CT molecular complexity index is 1590. The quantitative estimate of drug-likeness (QED) is 0.111. The number of carbonyl (C=O) groups excluding carboxylic acids is 5. The zero-order chi connectivity index (χ0) is 35.1. The summed E-state index contributed by atoms with van der Waals surface area (Å²) in [5.74, 6) is -0.941. The van der Waals surface area contributed by atoms with Crippen LogP contribution in [0.4, 0.5) is 4.79 Å². The van der Waals surface area contributed by atoms with E-state index < -0.39 is 28.8 Å². The number of ketones is 3. The van der Waals surface area contributed by atoms with Gasteiger partial charge in [-0.1, -0.05) is 121 Å². The predicted octanol–water partition coefficient (Wildman–Crippen LogP) is 6.80. The molecule has 4 rings (SSSR count). The molecule has 9 heteroatoms. The van der Waals surface area contributed by atoms with E-state index in [1.807, 2.05) is 84.9 Å². The first-order chi connectivity index (χ1) is 23.7. The van der Waals surface area contributed by atoms with E-state index in [0.717, 1.165) is 22.3 Å². The molecule has 2 amide bonds. The van der Waals surface area contributed by atoms with Crippen molar-refractivity contribution < 1.29 is 28.7 Å². The van der Waals surface area contributed by atoms with Crippen molar-refractivity contribution in [2.75, 3.05) is 5.75 Å². The second-order valence-corrected chi connectivity index (χ2v) is 13.0. The molecule has 2 atom stereocenters. The monoisotopic (exact) mass is 678 g/mol. The molecule has 8 nitrogen and oxygen atoms in total. The summed E-state index contributed by atoms with van der Waals surface area (Å²) in [5, 5.41) is 5.44. The molecule has 0 aliphatic rings. The number of carbonyl (C=O) groups is 5. The van der Waals surface area contributed by atoms with Crippen LogP contribution in [0.15, 0.2) is 121 Å². The van der Waals surface area contributed by atoms with E-state index in [0.29, 0.717) is 0 Å². The van der Waals surface area contributed by atoms with Crippen LogP contribution in [0.5, 0.6) is 0 Å². The van der Waals surface area contributed by atoms with Crippen molar-refractivity contribution in [3.63, 3.8) is 0 Å². The van der Waals surface area contributed by atoms with Crippen LogP contribution in [-0.2, 0) is 35.3 Å². The van der Waals surface area contributed by atoms with Gasteiger partial charge in [0, 0.05) is 25.0 Å². The van der Waals surface area contributed by atoms with Crippen LogP contribution in [0.3, 0.4) is 0 Å². The minimum absolute atomic E-state index is 0.0132. The van der Waals surface area contributed by atoms with Crippen molar-refractivity contribution in [1.82, 2.24) is 10.6 Å². The summed E-state index contributed by atoms with van der Waals surface area (Å²) in [7, 11) is 0. The van der Waals surface area contributed by atoms with Gasteiger partial charge in [-0.3, -0.25) is 14.4 Å². The van der Waals surface area contributed by atoms with Crippen molar-refractivity contribution in [2.45, 2.75) is 63.0 Å². The van der Waals surface area contributed by atoms with Crippen molar-refractivity contribution in [2.24, 2.45) is 0 Å². The maximum atomic E-state index is 13.6. The van der Waals surface area contributed by atoms with E-state index in [9.17, 15) is 24.0 Å². The van der Waals surface area contributed by atoms with Crippen molar-refractivity contribution >= 4 is 41.1 Å². The van der Waals surface area contributed by atoms with Crippen molar-refractivity contribution in [3.8, 4) is 0 Å². The van der Waals surface area contributed by atoms with Gasteiger partial charge in [0.05, 0.1) is 16.8 Å². The molecule has 254 valence electrons. The van der Waals surface area contributed by atoms with Crippen LogP contribution in [0.1, 0.15) is 61.8 Å². The Morgan fingerprint density at radius 2 is 1.12 bits per heavy atom. The second kappa shape index (κ2) is 18.5. The van der Waals surface area contributed by atoms with Gasteiger partial charge in [-0.15, -0.1) is 11.8 Å². The summed E-state index contributed by atoms with van der Waals surface area (Å²) >= 11 is 1.53. The third-order valence-corrected chi connectivity index (χ3v) is 9.75. The van der Waals surface area contributed by atoms with Gasteiger partial charge in [0.15, 0.2) is 11.6 Å². The molecule has 0 spiro atoms. The lowest BCUT2D eigenvalue weighted by Gasteiger charge is -2.36. The summed E-state index contributed by atoms with van der Waals surface area (Å²) in [6.45, 7) is 2.80. The summed E-state index contributed by atoms with van der Waals surface area (Å²) in [6, 6.07) is 37.3. The highest BCUT2D eigenvalue weighted by Gasteiger charge is 2.38. The number of nitrogens with one attached hydrogen (secondary N) is 2. The Morgan fingerprint density at radius 1 is 0.633 bits per heavy atom. The van der Waals surface area contributed by atoms with Crippen LogP contribution in [0.25, 0.3) is 0 Å². The smallest absolute Gasteiger partial charge is 0.408 e. The summed E-state index contributed by atoms with van der Waals surface area (Å²) in [4.78, 5) is 63.6. The number of benzene rings is 4. The van der Waals surface area contributed by atoms with Crippen LogP contribution < -0.4 is 10.6 Å². The van der Waals surface area contributed by atoms with E-state index in [4.69, 9.17) is 4.74 Å². The molecule has 0 unspecified atom stereocenters. The molecule has 2 N–H and O–H groups in total. The van der Waals surface area contributed by atoms with Crippen LogP contribution in [0, 0.1) is 0 Å². The maximum Gasteiger partial charge on any atom is 0.408 e. The van der Waals surface area contributed by atoms with Crippen LogP contribution >= 0.6 is 11.8 Å². The van der Waals surface area contributed by atoms with Gasteiger partial charge in [-0.25, -0.2) is 4.79 Å². The highest BCUT2D eigenvalue weighted by molar-refractivity contribution is 8.00. The van der Waals surface area contributed by atoms with E-state index in [1.54, 1.807) is 0 Å². The standard InChI is InChI=1S/C40H42N2O6S/c1-29(43)23-25-37(45)36(41-38(46)26-24-35(30(2)44)42-39(47)48-27-31-15-7-3-8-16-31)28-49-40(32-17-9-4-10-18-32,33-19-11-5-12-20-33)34-21-13-6-14-22-34/h3-22,35-36H,23-28H2,1-2H3,(H,41,46)(H,42,47)/t35-,36-/m0/s1. The third kappa shape index (κ3) is 10.7. The van der Waals surface area contributed by atoms with E-state index in [2.05, 4.69) is 47.0 Å². The SMILES string of the molecule is CC(=O)CCC(=O)[C@H](CSC(c1ccccc1)(c1ccccc1)c1ccccc1)NC(=O)CC[C@H](NC(=O)OCc1ccccc1)C(C)=O. The molecule has 4 aromatic rings. The molecule has 0 aromatic heterocycles. The largest absolute Gasteiger partial charge is 0.445 e. The first-order valence-electron chi connectivity index (χ1n) is 16.3. The molecule has 0 aliphatic heterocycles. The highest BCUT2D eigenvalue weighted by atomic mass is 32.2. The van der Waals surface area contributed by atoms with E-state index in [-0.39, 0.29) is 55.4 Å². The topological polar surface area (TPSA) is 119 Å². The molecule has 0 heterocycles. The third-order valence-electron chi connectivity index (χ3n) is 8.11. The minimum atomic E-state index is -0.947. The van der Waals surface area contributed by atoms with Gasteiger partial charge in [-0.05, 0) is 42.5 Å². The van der Waals surface area contributed by atoms with Gasteiger partial charge >= 0.3 is 6.09 Å². The number of Topliss-reactive ketones (excluding diaryl/α,β-unsaturated/α-hetero) is 3. The predicted molar refractivity (Wildman–Crippen MR) is 192 cm³/mol. The molecule has 4 aromatic carbocycles. The number of ether oxygens (including phenoxy) is 1. The minimum Gasteiger partial charge on any atom is -0.445 e. The number of alkyl carbamates (subject to hydrolysis) is 1. The lowest BCUT2D eigenvalue weighted by atomic mass is 9.84. The van der Waals surface area contributed by atoms with E-state index >= 15 is 0 Å². The first kappa shape index (κ1) is 36.8. The number of hydrogen-bond acceptors (Lipinski definition) is 7. The molecule has 0 radical (unpaired) electrons. The number of rotatable bonds is 18. The van der Waals surface area contributed by atoms with E-state index in [1.165, 1.54) is 25.6 Å². The fourth-order valence-electron chi connectivity index (χ4n) is 5.49. The lowest BCUT2D eigenvalue weighted by molar-refractivity contribution is -0.128. The zero-order valence-corrected chi connectivity index (χ0v) is 28.6. The molecule has 0 saturated carbocycles. The Labute approximate surface area is 292 Å². The normalized spacial score (nSPS) is 12.3. The number of amides is 2. The van der Waals surface area contributed by atoms with Gasteiger partial charge in [0.25, 0.3) is 0 Å². The molecule has 0 saturated heterocycles. The molecular formula is C40H42N2O6S. The summed E-state index contributed by atoms with van der Waals surface area (Å²) in [5.41, 5.74) is 3.82. The molecular weight excluding hydrogens is 637 g/mol. The fourth-order valence-corrected chi connectivity index (χ4v) is 7.09. The van der Waals surface area contributed by atoms with Gasteiger partial charge in [-0.2, -0.15) is 0 Å². The number of thioether (sulfide) groups is 1. The van der Waals surface area contributed by atoms with Gasteiger partial charge in [0.2, 0.25) is 5.91 Å². The van der Waals surface area contributed by atoms with Crippen molar-refractivity contribution in [1.29, 1.82) is 0 Å². The first-order valence-corrected chi connectivity index (χ1v) is 17.3.